The number of anilines is 1. The maximum absolute atomic E-state index is 13.2. The maximum atomic E-state index is 13.2. The number of carbonyl (C=O) groups excluding carboxylic acids is 2. The van der Waals surface area contributed by atoms with Gasteiger partial charge in [-0.2, -0.15) is 0 Å². The quantitative estimate of drug-likeness (QED) is 0.599. The SMILES string of the molecule is CN1C(=O)C(=Cc2ccc(C(=O)Nc3ccc(F)c(Cl)c3)cc2)SC1=S. The van der Waals surface area contributed by atoms with Crippen LogP contribution in [0.3, 0.4) is 0 Å². The van der Waals surface area contributed by atoms with E-state index in [4.69, 9.17) is 23.8 Å². The van der Waals surface area contributed by atoms with E-state index in [1.807, 2.05) is 0 Å². The van der Waals surface area contributed by atoms with E-state index in [1.165, 1.54) is 34.9 Å². The molecule has 2 aromatic rings. The van der Waals surface area contributed by atoms with Gasteiger partial charge in [-0.15, -0.1) is 0 Å². The first kappa shape index (κ1) is 18.6. The van der Waals surface area contributed by atoms with Gasteiger partial charge in [0.15, 0.2) is 0 Å². The fourth-order valence-corrected chi connectivity index (χ4v) is 3.56. The number of rotatable bonds is 3. The Morgan fingerprint density at radius 1 is 1.27 bits per heavy atom. The number of nitrogens with one attached hydrogen (secondary N) is 1. The molecule has 8 heteroatoms. The summed E-state index contributed by atoms with van der Waals surface area (Å²) in [4.78, 5) is 26.2. The van der Waals surface area contributed by atoms with Crippen LogP contribution in [0, 0.1) is 5.82 Å². The van der Waals surface area contributed by atoms with Crippen LogP contribution >= 0.6 is 35.6 Å². The predicted octanol–water partition coefficient (Wildman–Crippen LogP) is 4.56. The molecule has 0 aliphatic carbocycles. The summed E-state index contributed by atoms with van der Waals surface area (Å²) in [7, 11) is 1.63. The lowest BCUT2D eigenvalue weighted by atomic mass is 10.1. The van der Waals surface area contributed by atoms with Gasteiger partial charge in [0.25, 0.3) is 11.8 Å². The number of thioether (sulfide) groups is 1. The largest absolute Gasteiger partial charge is 0.322 e. The summed E-state index contributed by atoms with van der Waals surface area (Å²) in [6, 6.07) is 10.7. The molecule has 1 N–H and O–H groups in total. The minimum atomic E-state index is -0.550. The highest BCUT2D eigenvalue weighted by molar-refractivity contribution is 8.26. The molecule has 1 aliphatic heterocycles. The topological polar surface area (TPSA) is 49.4 Å². The van der Waals surface area contributed by atoms with E-state index >= 15 is 0 Å². The van der Waals surface area contributed by atoms with E-state index < -0.39 is 5.82 Å². The van der Waals surface area contributed by atoms with Crippen LogP contribution in [0.15, 0.2) is 47.4 Å². The molecular formula is C18H12ClFN2O2S2. The number of halogens is 2. The highest BCUT2D eigenvalue weighted by Gasteiger charge is 2.28. The first-order valence-corrected chi connectivity index (χ1v) is 9.03. The summed E-state index contributed by atoms with van der Waals surface area (Å²) in [5.74, 6) is -1.04. The van der Waals surface area contributed by atoms with Gasteiger partial charge < -0.3 is 5.32 Å². The Balaban J connectivity index is 1.73. The summed E-state index contributed by atoms with van der Waals surface area (Å²) >= 11 is 12.0. The number of nitrogens with zero attached hydrogens (tertiary/aromatic N) is 1. The van der Waals surface area contributed by atoms with Crippen molar-refractivity contribution in [1.82, 2.24) is 4.90 Å². The molecule has 0 spiro atoms. The first-order valence-electron chi connectivity index (χ1n) is 7.43. The Kier molecular flexibility index (Phi) is 5.41. The van der Waals surface area contributed by atoms with Gasteiger partial charge in [-0.05, 0) is 42.0 Å². The number of likely N-dealkylation sites (N-methyl/N-ethyl adjacent to an activating group) is 1. The standard InChI is InChI=1S/C18H12ClFN2O2S2/c1-22-17(24)15(26-18(22)25)8-10-2-4-11(5-3-10)16(23)21-12-6-7-14(20)13(19)9-12/h2-9H,1H3,(H,21,23). The zero-order chi connectivity index (χ0) is 18.8. The average Bonchev–Trinajstić information content (AvgIpc) is 2.85. The van der Waals surface area contributed by atoms with Gasteiger partial charge in [-0.1, -0.05) is 47.7 Å². The Hall–Kier alpha value is -2.22. The van der Waals surface area contributed by atoms with Crippen molar-refractivity contribution in [1.29, 1.82) is 0 Å². The van der Waals surface area contributed by atoms with Gasteiger partial charge >= 0.3 is 0 Å². The van der Waals surface area contributed by atoms with E-state index in [-0.39, 0.29) is 16.8 Å². The van der Waals surface area contributed by atoms with Crippen molar-refractivity contribution in [2.45, 2.75) is 0 Å². The van der Waals surface area contributed by atoms with E-state index in [1.54, 1.807) is 37.4 Å². The zero-order valence-electron chi connectivity index (χ0n) is 13.5. The molecule has 1 saturated heterocycles. The van der Waals surface area contributed by atoms with E-state index in [0.29, 0.717) is 20.5 Å². The monoisotopic (exact) mass is 406 g/mol. The molecule has 0 saturated carbocycles. The van der Waals surface area contributed by atoms with Crippen molar-refractivity contribution in [3.05, 3.63) is 69.3 Å². The van der Waals surface area contributed by atoms with Crippen LogP contribution < -0.4 is 5.32 Å². The molecule has 2 amide bonds. The molecule has 0 aromatic heterocycles. The maximum Gasteiger partial charge on any atom is 0.265 e. The van der Waals surface area contributed by atoms with Crippen LogP contribution in [0.5, 0.6) is 0 Å². The highest BCUT2D eigenvalue weighted by atomic mass is 35.5. The normalized spacial score (nSPS) is 15.7. The highest BCUT2D eigenvalue weighted by Crippen LogP contribution is 2.31. The lowest BCUT2D eigenvalue weighted by Crippen LogP contribution is -2.22. The number of benzene rings is 2. The fourth-order valence-electron chi connectivity index (χ4n) is 2.20. The average molecular weight is 407 g/mol. The molecule has 0 atom stereocenters. The second-order valence-corrected chi connectivity index (χ2v) is 7.53. The van der Waals surface area contributed by atoms with Crippen molar-refractivity contribution in [2.75, 3.05) is 12.4 Å². The number of amides is 2. The molecule has 1 aliphatic rings. The van der Waals surface area contributed by atoms with Crippen molar-refractivity contribution in [3.63, 3.8) is 0 Å². The van der Waals surface area contributed by atoms with Crippen LogP contribution in [0.2, 0.25) is 5.02 Å². The Morgan fingerprint density at radius 2 is 1.96 bits per heavy atom. The Labute approximate surface area is 164 Å². The fraction of sp³-hybridized carbons (Fsp3) is 0.0556. The molecule has 0 unspecified atom stereocenters. The van der Waals surface area contributed by atoms with Crippen molar-refractivity contribution >= 4 is 63.5 Å². The number of carbonyl (C=O) groups is 2. The third kappa shape index (κ3) is 3.95. The number of thiocarbonyl (C=S) groups is 1. The predicted molar refractivity (Wildman–Crippen MR) is 107 cm³/mol. The summed E-state index contributed by atoms with van der Waals surface area (Å²) in [5, 5.41) is 2.59. The van der Waals surface area contributed by atoms with Crippen LogP contribution in [0.1, 0.15) is 15.9 Å². The van der Waals surface area contributed by atoms with Crippen LogP contribution in [-0.2, 0) is 4.79 Å². The summed E-state index contributed by atoms with van der Waals surface area (Å²) in [5.41, 5.74) is 1.60. The smallest absolute Gasteiger partial charge is 0.265 e. The van der Waals surface area contributed by atoms with Gasteiger partial charge in [0.2, 0.25) is 0 Å². The van der Waals surface area contributed by atoms with Gasteiger partial charge in [-0.25, -0.2) is 4.39 Å². The van der Waals surface area contributed by atoms with Crippen molar-refractivity contribution < 1.29 is 14.0 Å². The van der Waals surface area contributed by atoms with E-state index in [2.05, 4.69) is 5.32 Å². The second kappa shape index (κ2) is 7.57. The number of hydrogen-bond donors (Lipinski definition) is 1. The van der Waals surface area contributed by atoms with Crippen LogP contribution in [0.25, 0.3) is 6.08 Å². The Bertz CT molecular complexity index is 945. The summed E-state index contributed by atoms with van der Waals surface area (Å²) < 4.78 is 13.7. The third-order valence-corrected chi connectivity index (χ3v) is 5.41. The molecule has 26 heavy (non-hydrogen) atoms. The molecule has 1 heterocycles. The summed E-state index contributed by atoms with van der Waals surface area (Å²) in [6.45, 7) is 0. The third-order valence-electron chi connectivity index (χ3n) is 3.63. The minimum absolute atomic E-state index is 0.0635. The van der Waals surface area contributed by atoms with E-state index in [0.717, 1.165) is 5.56 Å². The minimum Gasteiger partial charge on any atom is -0.322 e. The van der Waals surface area contributed by atoms with Gasteiger partial charge in [0, 0.05) is 18.3 Å². The molecule has 0 radical (unpaired) electrons. The molecule has 3 rings (SSSR count). The first-order chi connectivity index (χ1) is 12.3. The molecule has 2 aromatic carbocycles. The van der Waals surface area contributed by atoms with Gasteiger partial charge in [0.1, 0.15) is 10.1 Å². The lowest BCUT2D eigenvalue weighted by molar-refractivity contribution is -0.121. The zero-order valence-corrected chi connectivity index (χ0v) is 15.8. The summed E-state index contributed by atoms with van der Waals surface area (Å²) in [6.07, 6.45) is 1.73. The molecule has 0 bridgehead atoms. The second-order valence-electron chi connectivity index (χ2n) is 5.45. The van der Waals surface area contributed by atoms with Crippen molar-refractivity contribution in [3.8, 4) is 0 Å². The molecular weight excluding hydrogens is 395 g/mol. The molecule has 132 valence electrons. The Morgan fingerprint density at radius 3 is 2.54 bits per heavy atom. The number of hydrogen-bond acceptors (Lipinski definition) is 4. The lowest BCUT2D eigenvalue weighted by Gasteiger charge is -2.06. The molecule has 1 fully saturated rings. The van der Waals surface area contributed by atoms with E-state index in [9.17, 15) is 14.0 Å². The van der Waals surface area contributed by atoms with Gasteiger partial charge in [-0.3, -0.25) is 14.5 Å². The van der Waals surface area contributed by atoms with Crippen molar-refractivity contribution in [2.24, 2.45) is 0 Å². The van der Waals surface area contributed by atoms with Crippen LogP contribution in [0.4, 0.5) is 10.1 Å². The van der Waals surface area contributed by atoms with Crippen LogP contribution in [-0.4, -0.2) is 28.1 Å². The van der Waals surface area contributed by atoms with Gasteiger partial charge in [0.05, 0.1) is 9.93 Å². The molecule has 4 nitrogen and oxygen atoms in total.